The summed E-state index contributed by atoms with van der Waals surface area (Å²) in [5, 5.41) is 11.4. The number of aliphatic hydroxyl groups excluding tert-OH is 1. The highest BCUT2D eigenvalue weighted by Crippen LogP contribution is 2.69. The number of halogens is 1. The van der Waals surface area contributed by atoms with Crippen molar-refractivity contribution in [1.29, 1.82) is 0 Å². The molecule has 0 spiro atoms. The lowest BCUT2D eigenvalue weighted by Gasteiger charge is -2.61. The van der Waals surface area contributed by atoms with Crippen molar-refractivity contribution < 1.29 is 33.8 Å². The van der Waals surface area contributed by atoms with Crippen molar-refractivity contribution >= 4 is 35.1 Å². The number of aliphatic hydroxyl groups is 1. The summed E-state index contributed by atoms with van der Waals surface area (Å²) in [5.41, 5.74) is -2.06. The molecule has 4 aliphatic rings. The smallest absolute Gasteiger partial charge is 0.306 e. The lowest BCUT2D eigenvalue weighted by molar-refractivity contribution is -0.205. The Morgan fingerprint density at radius 2 is 1.83 bits per heavy atom. The van der Waals surface area contributed by atoms with E-state index in [4.69, 9.17) is 21.1 Å². The topological polar surface area (TPSA) is 107 Å². The monoisotopic (exact) mass is 520 g/mol. The molecule has 0 aromatic carbocycles. The van der Waals surface area contributed by atoms with E-state index in [0.717, 1.165) is 5.57 Å². The van der Waals surface area contributed by atoms with Gasteiger partial charge in [0.25, 0.3) is 0 Å². The van der Waals surface area contributed by atoms with Crippen LogP contribution in [0.5, 0.6) is 0 Å². The van der Waals surface area contributed by atoms with Gasteiger partial charge in [0.05, 0.1) is 6.10 Å². The fourth-order valence-corrected chi connectivity index (χ4v) is 8.54. The predicted octanol–water partition coefficient (Wildman–Crippen LogP) is 3.94. The molecule has 0 aliphatic heterocycles. The van der Waals surface area contributed by atoms with E-state index in [1.165, 1.54) is 0 Å². The summed E-state index contributed by atoms with van der Waals surface area (Å²) in [6.45, 7) is 8.69. The van der Waals surface area contributed by atoms with Crippen molar-refractivity contribution in [2.45, 2.75) is 83.8 Å². The zero-order chi connectivity index (χ0) is 26.6. The molecule has 0 aromatic rings. The first-order valence-corrected chi connectivity index (χ1v) is 13.5. The molecule has 0 bridgehead atoms. The third kappa shape index (κ3) is 3.80. The van der Waals surface area contributed by atoms with Gasteiger partial charge >= 0.3 is 11.9 Å². The van der Waals surface area contributed by atoms with E-state index in [-0.39, 0.29) is 54.1 Å². The maximum absolute atomic E-state index is 13.9. The van der Waals surface area contributed by atoms with E-state index >= 15 is 0 Å². The fraction of sp³-hybridized carbons (Fsp3) is 0.714. The van der Waals surface area contributed by atoms with Gasteiger partial charge in [-0.25, -0.2) is 0 Å². The van der Waals surface area contributed by atoms with Crippen LogP contribution in [0.15, 0.2) is 23.8 Å². The standard InChI is InChI=1S/C28H37ClO7/c1-6-22(33)35-14-21(32)28(36-23(34)7-2)15(3)10-18-24-19(29)12-16-11-17(30)8-9-26(16,4)25(24)20(31)13-27(18,28)5/h8-9,11,15,18-20,24-25,31H,6-7,10,12-14H2,1-5H3/t15?,18?,19?,20?,24?,25?,26-,27-,28?/m0/s1. The molecule has 0 saturated heterocycles. The molecule has 4 rings (SSSR count). The van der Waals surface area contributed by atoms with Crippen LogP contribution in [-0.2, 0) is 28.7 Å². The number of fused-ring (bicyclic) bond motifs is 5. The van der Waals surface area contributed by atoms with Crippen LogP contribution in [0.1, 0.15) is 66.7 Å². The lowest BCUT2D eigenvalue weighted by Crippen LogP contribution is -2.65. The Morgan fingerprint density at radius 1 is 1.17 bits per heavy atom. The summed E-state index contributed by atoms with van der Waals surface area (Å²) in [6, 6.07) is 0. The molecule has 3 saturated carbocycles. The van der Waals surface area contributed by atoms with Crippen LogP contribution in [0.2, 0.25) is 0 Å². The van der Waals surface area contributed by atoms with E-state index in [0.29, 0.717) is 12.8 Å². The van der Waals surface area contributed by atoms with Crippen LogP contribution < -0.4 is 0 Å². The number of alkyl halides is 1. The second-order valence-corrected chi connectivity index (χ2v) is 12.0. The van der Waals surface area contributed by atoms with Crippen molar-refractivity contribution in [3.05, 3.63) is 23.8 Å². The second kappa shape index (κ2) is 9.39. The maximum Gasteiger partial charge on any atom is 0.306 e. The van der Waals surface area contributed by atoms with Gasteiger partial charge in [-0.3, -0.25) is 19.2 Å². The Balaban J connectivity index is 1.79. The third-order valence-electron chi connectivity index (χ3n) is 9.65. The quantitative estimate of drug-likeness (QED) is 0.417. The van der Waals surface area contributed by atoms with E-state index in [1.807, 2.05) is 26.8 Å². The van der Waals surface area contributed by atoms with Crippen LogP contribution in [0.25, 0.3) is 0 Å². The number of rotatable bonds is 6. The number of Topliss-reactive ketones (excluding diaryl/α,β-unsaturated/α-hetero) is 1. The second-order valence-electron chi connectivity index (χ2n) is 11.4. The molecule has 1 N–H and O–H groups in total. The van der Waals surface area contributed by atoms with Gasteiger partial charge < -0.3 is 14.6 Å². The Kier molecular flexibility index (Phi) is 7.06. The van der Waals surface area contributed by atoms with E-state index in [2.05, 4.69) is 0 Å². The van der Waals surface area contributed by atoms with Crippen LogP contribution >= 0.6 is 11.6 Å². The van der Waals surface area contributed by atoms with Crippen LogP contribution in [-0.4, -0.2) is 52.3 Å². The molecule has 0 amide bonds. The normalized spacial score (nSPS) is 43.1. The first kappa shape index (κ1) is 27.1. The number of hydrogen-bond donors (Lipinski definition) is 1. The van der Waals surface area contributed by atoms with Gasteiger partial charge in [0.2, 0.25) is 5.78 Å². The molecule has 0 aromatic heterocycles. The fourth-order valence-electron chi connectivity index (χ4n) is 8.04. The summed E-state index contributed by atoms with van der Waals surface area (Å²) in [5.74, 6) is -2.44. The number of hydrogen-bond acceptors (Lipinski definition) is 7. The first-order valence-electron chi connectivity index (χ1n) is 13.0. The van der Waals surface area contributed by atoms with Gasteiger partial charge in [-0.2, -0.15) is 0 Å². The van der Waals surface area contributed by atoms with Crippen molar-refractivity contribution in [1.82, 2.24) is 0 Å². The Bertz CT molecular complexity index is 1030. The van der Waals surface area contributed by atoms with Crippen LogP contribution in [0.4, 0.5) is 0 Å². The van der Waals surface area contributed by atoms with Crippen molar-refractivity contribution in [2.24, 2.45) is 34.5 Å². The highest BCUT2D eigenvalue weighted by molar-refractivity contribution is 6.21. The minimum atomic E-state index is -1.54. The summed E-state index contributed by atoms with van der Waals surface area (Å²) >= 11 is 7.04. The summed E-state index contributed by atoms with van der Waals surface area (Å²) in [7, 11) is 0. The molecule has 3 fully saturated rings. The van der Waals surface area contributed by atoms with E-state index < -0.39 is 46.9 Å². The summed E-state index contributed by atoms with van der Waals surface area (Å²) < 4.78 is 11.3. The van der Waals surface area contributed by atoms with Gasteiger partial charge in [-0.15, -0.1) is 11.6 Å². The Labute approximate surface area is 217 Å². The number of ketones is 2. The van der Waals surface area contributed by atoms with Gasteiger partial charge in [-0.1, -0.05) is 46.3 Å². The van der Waals surface area contributed by atoms with Gasteiger partial charge in [0.1, 0.15) is 0 Å². The first-order chi connectivity index (χ1) is 16.9. The zero-order valence-electron chi connectivity index (χ0n) is 21.7. The zero-order valence-corrected chi connectivity index (χ0v) is 22.5. The summed E-state index contributed by atoms with van der Waals surface area (Å²) in [6.07, 6.45) is 5.79. The minimum Gasteiger partial charge on any atom is -0.457 e. The number of allylic oxidation sites excluding steroid dienone is 4. The predicted molar refractivity (Wildman–Crippen MR) is 133 cm³/mol. The van der Waals surface area contributed by atoms with Gasteiger partial charge in [-0.05, 0) is 43.3 Å². The van der Waals surface area contributed by atoms with Gasteiger partial charge in [0, 0.05) is 40.9 Å². The molecule has 0 radical (unpaired) electrons. The molecule has 4 aliphatic carbocycles. The van der Waals surface area contributed by atoms with Crippen molar-refractivity contribution in [2.75, 3.05) is 6.61 Å². The van der Waals surface area contributed by atoms with Gasteiger partial charge in [0.15, 0.2) is 18.0 Å². The van der Waals surface area contributed by atoms with Crippen LogP contribution in [0, 0.1) is 34.5 Å². The molecule has 8 heteroatoms. The lowest BCUT2D eigenvalue weighted by atomic mass is 9.46. The Hall–Kier alpha value is -1.99. The van der Waals surface area contributed by atoms with E-state index in [1.54, 1.807) is 26.0 Å². The molecule has 36 heavy (non-hydrogen) atoms. The highest BCUT2D eigenvalue weighted by atomic mass is 35.5. The summed E-state index contributed by atoms with van der Waals surface area (Å²) in [4.78, 5) is 50.5. The number of carbonyl (C=O) groups excluding carboxylic acids is 4. The van der Waals surface area contributed by atoms with Crippen molar-refractivity contribution in [3.63, 3.8) is 0 Å². The van der Waals surface area contributed by atoms with Crippen LogP contribution in [0.3, 0.4) is 0 Å². The highest BCUT2D eigenvalue weighted by Gasteiger charge is 2.73. The average Bonchev–Trinajstić information content (AvgIpc) is 3.04. The average molecular weight is 521 g/mol. The molecule has 0 heterocycles. The largest absolute Gasteiger partial charge is 0.457 e. The number of carbonyl (C=O) groups is 4. The Morgan fingerprint density at radius 3 is 2.47 bits per heavy atom. The molecule has 198 valence electrons. The maximum atomic E-state index is 13.9. The number of ether oxygens (including phenoxy) is 2. The third-order valence-corrected chi connectivity index (χ3v) is 10.1. The minimum absolute atomic E-state index is 0.0767. The molecular formula is C28H37ClO7. The van der Waals surface area contributed by atoms with Crippen molar-refractivity contribution in [3.8, 4) is 0 Å². The SMILES string of the molecule is CCC(=O)OCC(=O)C1(OC(=O)CC)C(C)CC2C3C(Cl)CC4=CC(=O)C=C[C@]4(C)C3C(O)C[C@@]21C. The van der Waals surface area contributed by atoms with E-state index in [9.17, 15) is 24.3 Å². The molecular weight excluding hydrogens is 484 g/mol. The number of esters is 2. The molecule has 7 nitrogen and oxygen atoms in total. The molecule has 9 atom stereocenters. The molecule has 7 unspecified atom stereocenters.